The minimum absolute atomic E-state index is 0.118. The largest absolute Gasteiger partial charge is 0.325 e. The highest BCUT2D eigenvalue weighted by Crippen LogP contribution is 2.18. The zero-order valence-corrected chi connectivity index (χ0v) is 16.6. The number of likely N-dealkylation sites (tertiary alicyclic amines) is 1. The fourth-order valence-corrected chi connectivity index (χ4v) is 4.43. The lowest BCUT2D eigenvalue weighted by atomic mass is 9.97. The molecule has 0 spiro atoms. The summed E-state index contributed by atoms with van der Waals surface area (Å²) in [6.07, 6.45) is 1.33. The fraction of sp³-hybridized carbons (Fsp3) is 0.350. The van der Waals surface area contributed by atoms with Crippen LogP contribution in [-0.2, 0) is 15.8 Å². The van der Waals surface area contributed by atoms with Gasteiger partial charge in [-0.1, -0.05) is 12.1 Å². The van der Waals surface area contributed by atoms with Crippen LogP contribution in [0.1, 0.15) is 18.4 Å². The molecule has 2 amide bonds. The number of amides is 2. The van der Waals surface area contributed by atoms with Crippen molar-refractivity contribution in [1.29, 1.82) is 0 Å². The molecule has 3 rings (SSSR count). The highest BCUT2D eigenvalue weighted by atomic mass is 32.2. The van der Waals surface area contributed by atoms with Crippen molar-refractivity contribution < 1.29 is 22.0 Å². The number of halogens is 2. The van der Waals surface area contributed by atoms with E-state index in [0.717, 1.165) is 0 Å². The van der Waals surface area contributed by atoms with Gasteiger partial charge in [-0.3, -0.25) is 0 Å². The van der Waals surface area contributed by atoms with E-state index in [2.05, 4.69) is 10.0 Å². The normalized spacial score (nSPS) is 15.3. The maximum atomic E-state index is 13.2. The number of sulfonamides is 1. The maximum Gasteiger partial charge on any atom is 0.321 e. The van der Waals surface area contributed by atoms with E-state index in [-0.39, 0.29) is 30.1 Å². The molecule has 0 aliphatic carbocycles. The third kappa shape index (κ3) is 6.50. The molecule has 156 valence electrons. The van der Waals surface area contributed by atoms with Crippen molar-refractivity contribution in [3.8, 4) is 0 Å². The van der Waals surface area contributed by atoms with E-state index >= 15 is 0 Å². The summed E-state index contributed by atoms with van der Waals surface area (Å²) in [5.74, 6) is -0.997. The van der Waals surface area contributed by atoms with Gasteiger partial charge in [-0.05, 0) is 60.7 Å². The van der Waals surface area contributed by atoms with Crippen molar-refractivity contribution in [2.75, 3.05) is 25.0 Å². The monoisotopic (exact) mass is 423 g/mol. The smallest absolute Gasteiger partial charge is 0.321 e. The number of benzene rings is 2. The standard InChI is InChI=1S/C20H23F2N3O3S/c21-17-4-6-19(7-5-17)24-20(26)25-10-8-15(9-11-25)13-23-29(27,28)14-16-2-1-3-18(22)12-16/h1-7,12,15,23H,8-11,13-14H2,(H,24,26). The van der Waals surface area contributed by atoms with Crippen molar-refractivity contribution >= 4 is 21.7 Å². The van der Waals surface area contributed by atoms with Crippen LogP contribution in [0, 0.1) is 17.6 Å². The topological polar surface area (TPSA) is 78.5 Å². The van der Waals surface area contributed by atoms with Gasteiger partial charge in [0.1, 0.15) is 11.6 Å². The average Bonchev–Trinajstić information content (AvgIpc) is 2.68. The van der Waals surface area contributed by atoms with Gasteiger partial charge in [0.15, 0.2) is 0 Å². The molecule has 0 aromatic heterocycles. The summed E-state index contributed by atoms with van der Waals surface area (Å²) in [5, 5.41) is 2.72. The van der Waals surface area contributed by atoms with Gasteiger partial charge < -0.3 is 10.2 Å². The molecule has 9 heteroatoms. The lowest BCUT2D eigenvalue weighted by Gasteiger charge is -2.32. The van der Waals surface area contributed by atoms with Crippen molar-refractivity contribution in [2.24, 2.45) is 5.92 Å². The summed E-state index contributed by atoms with van der Waals surface area (Å²) in [6.45, 7) is 1.29. The fourth-order valence-electron chi connectivity index (χ4n) is 3.22. The Morgan fingerprint density at radius 2 is 1.72 bits per heavy atom. The molecule has 6 nitrogen and oxygen atoms in total. The Labute approximate surface area is 169 Å². The SMILES string of the molecule is O=C(Nc1ccc(F)cc1)N1CCC(CNS(=O)(=O)Cc2cccc(F)c2)CC1. The first-order valence-corrected chi connectivity index (χ1v) is 11.0. The van der Waals surface area contributed by atoms with E-state index in [9.17, 15) is 22.0 Å². The second-order valence-electron chi connectivity index (χ2n) is 7.10. The highest BCUT2D eigenvalue weighted by molar-refractivity contribution is 7.88. The number of piperidine rings is 1. The summed E-state index contributed by atoms with van der Waals surface area (Å²) in [7, 11) is -3.57. The molecular formula is C20H23F2N3O3S. The number of nitrogens with zero attached hydrogens (tertiary/aromatic N) is 1. The van der Waals surface area contributed by atoms with Crippen LogP contribution < -0.4 is 10.0 Å². The molecular weight excluding hydrogens is 400 g/mol. The molecule has 0 radical (unpaired) electrons. The summed E-state index contributed by atoms with van der Waals surface area (Å²) in [5.41, 5.74) is 0.911. The Kier molecular flexibility index (Phi) is 6.81. The molecule has 1 aliphatic heterocycles. The molecule has 0 saturated carbocycles. The number of nitrogens with one attached hydrogen (secondary N) is 2. The average molecular weight is 423 g/mol. The third-order valence-corrected chi connectivity index (χ3v) is 6.15. The molecule has 0 unspecified atom stereocenters. The molecule has 0 atom stereocenters. The van der Waals surface area contributed by atoms with Crippen LogP contribution in [0.15, 0.2) is 48.5 Å². The number of rotatable bonds is 6. The predicted molar refractivity (Wildman–Crippen MR) is 107 cm³/mol. The first kappa shape index (κ1) is 21.2. The van der Waals surface area contributed by atoms with Gasteiger partial charge in [-0.2, -0.15) is 0 Å². The van der Waals surface area contributed by atoms with Crippen LogP contribution >= 0.6 is 0 Å². The summed E-state index contributed by atoms with van der Waals surface area (Å²) in [6, 6.07) is 10.8. The zero-order valence-electron chi connectivity index (χ0n) is 15.8. The van der Waals surface area contributed by atoms with Crippen LogP contribution in [0.4, 0.5) is 19.3 Å². The van der Waals surface area contributed by atoms with E-state index in [1.54, 1.807) is 11.0 Å². The van der Waals surface area contributed by atoms with Crippen molar-refractivity contribution in [2.45, 2.75) is 18.6 Å². The molecule has 1 aliphatic rings. The molecule has 29 heavy (non-hydrogen) atoms. The Morgan fingerprint density at radius 1 is 1.03 bits per heavy atom. The van der Waals surface area contributed by atoms with Crippen LogP contribution in [-0.4, -0.2) is 39.0 Å². The summed E-state index contributed by atoms with van der Waals surface area (Å²) < 4.78 is 53.2. The van der Waals surface area contributed by atoms with E-state index in [1.807, 2.05) is 0 Å². The first-order valence-electron chi connectivity index (χ1n) is 9.34. The van der Waals surface area contributed by atoms with Crippen molar-refractivity contribution in [3.63, 3.8) is 0 Å². The number of hydrogen-bond acceptors (Lipinski definition) is 3. The minimum Gasteiger partial charge on any atom is -0.325 e. The predicted octanol–water partition coefficient (Wildman–Crippen LogP) is 3.33. The molecule has 2 aromatic rings. The molecule has 0 bridgehead atoms. The van der Waals surface area contributed by atoms with Gasteiger partial charge in [0.25, 0.3) is 0 Å². The van der Waals surface area contributed by atoms with Gasteiger partial charge in [-0.15, -0.1) is 0 Å². The van der Waals surface area contributed by atoms with E-state index < -0.39 is 15.8 Å². The molecule has 1 saturated heterocycles. The number of urea groups is 1. The third-order valence-electron chi connectivity index (χ3n) is 4.83. The van der Waals surface area contributed by atoms with Gasteiger partial charge in [0.05, 0.1) is 5.75 Å². The summed E-state index contributed by atoms with van der Waals surface area (Å²) in [4.78, 5) is 13.9. The minimum atomic E-state index is -3.57. The quantitative estimate of drug-likeness (QED) is 0.748. The van der Waals surface area contributed by atoms with Gasteiger partial charge >= 0.3 is 6.03 Å². The van der Waals surface area contributed by atoms with E-state index in [4.69, 9.17) is 0 Å². The summed E-state index contributed by atoms with van der Waals surface area (Å²) >= 11 is 0. The number of hydrogen-bond donors (Lipinski definition) is 2. The van der Waals surface area contributed by atoms with Crippen LogP contribution in [0.25, 0.3) is 0 Å². The Morgan fingerprint density at radius 3 is 2.38 bits per heavy atom. The number of anilines is 1. The van der Waals surface area contributed by atoms with Gasteiger partial charge in [-0.25, -0.2) is 26.7 Å². The van der Waals surface area contributed by atoms with Crippen molar-refractivity contribution in [3.05, 3.63) is 65.7 Å². The van der Waals surface area contributed by atoms with Crippen LogP contribution in [0.3, 0.4) is 0 Å². The Bertz CT molecular complexity index is 944. The number of carbonyl (C=O) groups excluding carboxylic acids is 1. The first-order chi connectivity index (χ1) is 13.8. The van der Waals surface area contributed by atoms with Gasteiger partial charge in [0, 0.05) is 25.3 Å². The van der Waals surface area contributed by atoms with Crippen LogP contribution in [0.2, 0.25) is 0 Å². The Balaban J connectivity index is 1.43. The van der Waals surface area contributed by atoms with Crippen molar-refractivity contribution in [1.82, 2.24) is 9.62 Å². The molecule has 1 heterocycles. The van der Waals surface area contributed by atoms with E-state index in [1.165, 1.54) is 42.5 Å². The molecule has 2 aromatic carbocycles. The highest BCUT2D eigenvalue weighted by Gasteiger charge is 2.24. The lowest BCUT2D eigenvalue weighted by molar-refractivity contribution is 0.183. The maximum absolute atomic E-state index is 13.2. The van der Waals surface area contributed by atoms with Crippen LogP contribution in [0.5, 0.6) is 0 Å². The zero-order chi connectivity index (χ0) is 20.9. The molecule has 2 N–H and O–H groups in total. The van der Waals surface area contributed by atoms with E-state index in [0.29, 0.717) is 37.2 Å². The Hall–Kier alpha value is -2.52. The molecule has 1 fully saturated rings. The second-order valence-corrected chi connectivity index (χ2v) is 8.91. The van der Waals surface area contributed by atoms with Gasteiger partial charge in [0.2, 0.25) is 10.0 Å². The number of carbonyl (C=O) groups is 1. The second kappa shape index (κ2) is 9.32. The lowest BCUT2D eigenvalue weighted by Crippen LogP contribution is -2.43.